The molecule has 0 N–H and O–H groups in total. The number of methoxy groups -OCH3 is 1. The van der Waals surface area contributed by atoms with Gasteiger partial charge in [0.05, 0.1) is 13.0 Å². The number of hydrogen-bond donors (Lipinski definition) is 0. The van der Waals surface area contributed by atoms with Crippen LogP contribution >= 0.6 is 0 Å². The minimum atomic E-state index is -1.37. The van der Waals surface area contributed by atoms with Crippen LogP contribution in [0.15, 0.2) is 60.7 Å². The molecule has 2 atom stereocenters. The maximum Gasteiger partial charge on any atom is 0.343 e. The van der Waals surface area contributed by atoms with Gasteiger partial charge in [0.2, 0.25) is 0 Å². The van der Waals surface area contributed by atoms with E-state index >= 15 is 0 Å². The molecule has 0 spiro atoms. The summed E-state index contributed by atoms with van der Waals surface area (Å²) >= 11 is 0. The van der Waals surface area contributed by atoms with Gasteiger partial charge in [0.25, 0.3) is 0 Å². The fraction of sp³-hybridized carbons (Fsp3) is 0.263. The second-order valence-electron chi connectivity index (χ2n) is 5.51. The van der Waals surface area contributed by atoms with Gasteiger partial charge in [-0.3, -0.25) is 4.79 Å². The molecule has 1 heterocycles. The average molecular weight is 310 g/mol. The number of benzene rings is 2. The molecule has 4 heteroatoms. The first kappa shape index (κ1) is 15.4. The molecule has 0 radical (unpaired) electrons. The van der Waals surface area contributed by atoms with E-state index in [4.69, 9.17) is 9.47 Å². The van der Waals surface area contributed by atoms with Gasteiger partial charge < -0.3 is 9.47 Å². The highest BCUT2D eigenvalue weighted by molar-refractivity contribution is 6.02. The predicted octanol–water partition coefficient (Wildman–Crippen LogP) is 2.97. The number of ether oxygens (including phenoxy) is 2. The van der Waals surface area contributed by atoms with E-state index in [9.17, 15) is 9.59 Å². The molecule has 0 amide bonds. The molecule has 1 aliphatic rings. The molecule has 0 bridgehead atoms. The van der Waals surface area contributed by atoms with Gasteiger partial charge in [0.1, 0.15) is 0 Å². The van der Waals surface area contributed by atoms with Gasteiger partial charge in [0.15, 0.2) is 11.4 Å². The van der Waals surface area contributed by atoms with Crippen molar-refractivity contribution < 1.29 is 19.1 Å². The van der Waals surface area contributed by atoms with Crippen molar-refractivity contribution in [2.45, 2.75) is 12.0 Å². The summed E-state index contributed by atoms with van der Waals surface area (Å²) in [7, 11) is 1.32. The van der Waals surface area contributed by atoms with E-state index in [1.165, 1.54) is 7.11 Å². The van der Waals surface area contributed by atoms with E-state index in [-0.39, 0.29) is 5.78 Å². The van der Waals surface area contributed by atoms with E-state index in [2.05, 4.69) is 0 Å². The Morgan fingerprint density at radius 3 is 2.26 bits per heavy atom. The average Bonchev–Trinajstić information content (AvgIpc) is 3.08. The van der Waals surface area contributed by atoms with Gasteiger partial charge in [-0.15, -0.1) is 0 Å². The molecular formula is C19H18O4. The van der Waals surface area contributed by atoms with Crippen LogP contribution in [-0.4, -0.2) is 25.5 Å². The molecule has 2 aromatic rings. The monoisotopic (exact) mass is 310 g/mol. The SMILES string of the molecule is COC(=O)[C@@]1(c2ccccc2)OCC[C@H]1C(=O)c1ccccc1. The van der Waals surface area contributed by atoms with Crippen LogP contribution in [-0.2, 0) is 19.9 Å². The van der Waals surface area contributed by atoms with Crippen LogP contribution in [0.2, 0.25) is 0 Å². The minimum absolute atomic E-state index is 0.0997. The largest absolute Gasteiger partial charge is 0.467 e. The third kappa shape index (κ3) is 2.55. The lowest BCUT2D eigenvalue weighted by molar-refractivity contribution is -0.168. The van der Waals surface area contributed by atoms with Crippen LogP contribution in [0.1, 0.15) is 22.3 Å². The van der Waals surface area contributed by atoms with Crippen LogP contribution in [0.3, 0.4) is 0 Å². The van der Waals surface area contributed by atoms with E-state index in [1.54, 1.807) is 24.3 Å². The van der Waals surface area contributed by atoms with Crippen LogP contribution in [0.5, 0.6) is 0 Å². The van der Waals surface area contributed by atoms with Gasteiger partial charge in [-0.1, -0.05) is 60.7 Å². The molecule has 23 heavy (non-hydrogen) atoms. The first-order chi connectivity index (χ1) is 11.2. The van der Waals surface area contributed by atoms with Crippen molar-refractivity contribution >= 4 is 11.8 Å². The van der Waals surface area contributed by atoms with E-state index in [0.717, 1.165) is 0 Å². The van der Waals surface area contributed by atoms with Gasteiger partial charge in [-0.05, 0) is 12.0 Å². The van der Waals surface area contributed by atoms with Crippen molar-refractivity contribution in [3.05, 3.63) is 71.8 Å². The Hall–Kier alpha value is -2.46. The summed E-state index contributed by atoms with van der Waals surface area (Å²) in [5.74, 6) is -1.23. The number of Topliss-reactive ketones (excluding diaryl/α,β-unsaturated/α-hetero) is 1. The van der Waals surface area contributed by atoms with Gasteiger partial charge in [-0.25, -0.2) is 4.79 Å². The molecule has 0 aromatic heterocycles. The summed E-state index contributed by atoms with van der Waals surface area (Å²) in [6.07, 6.45) is 0.484. The third-order valence-corrected chi connectivity index (χ3v) is 4.29. The standard InChI is InChI=1S/C19H18O4/c1-22-18(21)19(15-10-6-3-7-11-15)16(12-13-23-19)17(20)14-8-4-2-5-9-14/h2-11,16H,12-13H2,1H3/t16-,19-/m0/s1. The lowest BCUT2D eigenvalue weighted by Gasteiger charge is -2.31. The fourth-order valence-electron chi connectivity index (χ4n) is 3.20. The molecule has 1 aliphatic heterocycles. The first-order valence-electron chi connectivity index (χ1n) is 7.57. The minimum Gasteiger partial charge on any atom is -0.467 e. The Morgan fingerprint density at radius 2 is 1.65 bits per heavy atom. The number of carbonyl (C=O) groups excluding carboxylic acids is 2. The molecule has 2 aromatic carbocycles. The molecule has 118 valence electrons. The highest BCUT2D eigenvalue weighted by Gasteiger charge is 2.56. The van der Waals surface area contributed by atoms with Crippen molar-refractivity contribution in [1.82, 2.24) is 0 Å². The number of esters is 1. The number of hydrogen-bond acceptors (Lipinski definition) is 4. The van der Waals surface area contributed by atoms with E-state index in [0.29, 0.717) is 24.2 Å². The molecule has 4 nitrogen and oxygen atoms in total. The lowest BCUT2D eigenvalue weighted by atomic mass is 9.77. The third-order valence-electron chi connectivity index (χ3n) is 4.29. The van der Waals surface area contributed by atoms with Crippen molar-refractivity contribution in [3.63, 3.8) is 0 Å². The highest BCUT2D eigenvalue weighted by atomic mass is 16.6. The van der Waals surface area contributed by atoms with Gasteiger partial charge in [0, 0.05) is 12.2 Å². The summed E-state index contributed by atoms with van der Waals surface area (Å²) in [5.41, 5.74) is -0.144. The van der Waals surface area contributed by atoms with E-state index < -0.39 is 17.5 Å². The summed E-state index contributed by atoms with van der Waals surface area (Å²) in [6, 6.07) is 18.1. The Morgan fingerprint density at radius 1 is 1.04 bits per heavy atom. The maximum atomic E-state index is 13.0. The number of rotatable bonds is 4. The second-order valence-corrected chi connectivity index (χ2v) is 5.51. The molecule has 0 unspecified atom stereocenters. The van der Waals surface area contributed by atoms with Crippen LogP contribution in [0, 0.1) is 5.92 Å². The zero-order valence-electron chi connectivity index (χ0n) is 12.9. The Labute approximate surface area is 135 Å². The quantitative estimate of drug-likeness (QED) is 0.643. The highest BCUT2D eigenvalue weighted by Crippen LogP contribution is 2.43. The normalized spacial score (nSPS) is 23.4. The lowest BCUT2D eigenvalue weighted by Crippen LogP contribution is -2.45. The maximum absolute atomic E-state index is 13.0. The summed E-state index contributed by atoms with van der Waals surface area (Å²) in [5, 5.41) is 0. The van der Waals surface area contributed by atoms with Crippen molar-refractivity contribution in [3.8, 4) is 0 Å². The summed E-state index contributed by atoms with van der Waals surface area (Å²) < 4.78 is 10.8. The van der Waals surface area contributed by atoms with Crippen LogP contribution < -0.4 is 0 Å². The fourth-order valence-corrected chi connectivity index (χ4v) is 3.20. The summed E-state index contributed by atoms with van der Waals surface area (Å²) in [4.78, 5) is 25.6. The topological polar surface area (TPSA) is 52.6 Å². The first-order valence-corrected chi connectivity index (χ1v) is 7.57. The molecule has 3 rings (SSSR count). The molecule has 1 fully saturated rings. The van der Waals surface area contributed by atoms with E-state index in [1.807, 2.05) is 36.4 Å². The Kier molecular flexibility index (Phi) is 4.26. The number of carbonyl (C=O) groups is 2. The van der Waals surface area contributed by atoms with Crippen molar-refractivity contribution in [2.75, 3.05) is 13.7 Å². The van der Waals surface area contributed by atoms with Crippen molar-refractivity contribution in [2.24, 2.45) is 5.92 Å². The predicted molar refractivity (Wildman–Crippen MR) is 85.0 cm³/mol. The molecule has 0 aliphatic carbocycles. The zero-order valence-corrected chi connectivity index (χ0v) is 12.9. The van der Waals surface area contributed by atoms with Gasteiger partial charge in [-0.2, -0.15) is 0 Å². The molecule has 0 saturated carbocycles. The Balaban J connectivity index is 2.08. The molecule has 1 saturated heterocycles. The smallest absolute Gasteiger partial charge is 0.343 e. The van der Waals surface area contributed by atoms with Crippen LogP contribution in [0.25, 0.3) is 0 Å². The zero-order chi connectivity index (χ0) is 16.3. The van der Waals surface area contributed by atoms with Crippen molar-refractivity contribution in [1.29, 1.82) is 0 Å². The van der Waals surface area contributed by atoms with Gasteiger partial charge >= 0.3 is 5.97 Å². The molecular weight excluding hydrogens is 292 g/mol. The van der Waals surface area contributed by atoms with Crippen LogP contribution in [0.4, 0.5) is 0 Å². The Bertz CT molecular complexity index is 696. The number of ketones is 1. The summed E-state index contributed by atoms with van der Waals surface area (Å²) in [6.45, 7) is 0.341. The second kappa shape index (κ2) is 6.34.